The number of carbonyl (C=O) groups excluding carboxylic acids is 1. The van der Waals surface area contributed by atoms with Crippen LogP contribution in [0.25, 0.3) is 0 Å². The first-order chi connectivity index (χ1) is 10.0. The summed E-state index contributed by atoms with van der Waals surface area (Å²) < 4.78 is 5.22. The monoisotopic (exact) mass is 284 g/mol. The number of rotatable bonds is 4. The van der Waals surface area contributed by atoms with Crippen molar-refractivity contribution in [1.29, 1.82) is 0 Å². The molecule has 110 valence electrons. The van der Waals surface area contributed by atoms with Gasteiger partial charge in [0, 0.05) is 11.3 Å². The molecule has 0 saturated heterocycles. The van der Waals surface area contributed by atoms with E-state index >= 15 is 0 Å². The Labute approximate surface area is 124 Å². The van der Waals surface area contributed by atoms with Crippen LogP contribution in [0.4, 0.5) is 11.4 Å². The summed E-state index contributed by atoms with van der Waals surface area (Å²) in [5.41, 5.74) is 8.68. The SMILES string of the molecule is COc1ccc(N)cc1NC(=O)c1ccc(C(C)C)cc1. The lowest BCUT2D eigenvalue weighted by Gasteiger charge is -2.11. The minimum Gasteiger partial charge on any atom is -0.495 e. The molecular formula is C17H20N2O2. The van der Waals surface area contributed by atoms with Gasteiger partial charge in [-0.1, -0.05) is 26.0 Å². The highest BCUT2D eigenvalue weighted by Gasteiger charge is 2.10. The molecule has 0 fully saturated rings. The van der Waals surface area contributed by atoms with Gasteiger partial charge in [-0.3, -0.25) is 4.79 Å². The van der Waals surface area contributed by atoms with Crippen molar-refractivity contribution in [2.24, 2.45) is 0 Å². The smallest absolute Gasteiger partial charge is 0.255 e. The fourth-order valence-corrected chi connectivity index (χ4v) is 2.04. The van der Waals surface area contributed by atoms with Crippen molar-refractivity contribution in [3.8, 4) is 5.75 Å². The van der Waals surface area contributed by atoms with Crippen LogP contribution in [0.5, 0.6) is 5.75 Å². The van der Waals surface area contributed by atoms with Gasteiger partial charge in [0.05, 0.1) is 12.8 Å². The lowest BCUT2D eigenvalue weighted by atomic mass is 10.0. The molecule has 0 aliphatic rings. The third-order valence-electron chi connectivity index (χ3n) is 3.31. The van der Waals surface area contributed by atoms with Crippen molar-refractivity contribution in [1.82, 2.24) is 0 Å². The molecule has 0 radical (unpaired) electrons. The van der Waals surface area contributed by atoms with Gasteiger partial charge in [-0.25, -0.2) is 0 Å². The number of carbonyl (C=O) groups is 1. The van der Waals surface area contributed by atoms with E-state index in [0.717, 1.165) is 0 Å². The van der Waals surface area contributed by atoms with E-state index in [4.69, 9.17) is 10.5 Å². The molecule has 0 saturated carbocycles. The van der Waals surface area contributed by atoms with Crippen LogP contribution in [0.15, 0.2) is 42.5 Å². The maximum atomic E-state index is 12.3. The summed E-state index contributed by atoms with van der Waals surface area (Å²) in [6.45, 7) is 4.24. The molecule has 0 aromatic heterocycles. The molecule has 0 heterocycles. The summed E-state index contributed by atoms with van der Waals surface area (Å²) in [7, 11) is 1.55. The van der Waals surface area contributed by atoms with E-state index in [1.54, 1.807) is 25.3 Å². The number of methoxy groups -OCH3 is 1. The van der Waals surface area contributed by atoms with E-state index in [1.807, 2.05) is 24.3 Å². The first-order valence-corrected chi connectivity index (χ1v) is 6.86. The van der Waals surface area contributed by atoms with Gasteiger partial charge in [0.25, 0.3) is 5.91 Å². The highest BCUT2D eigenvalue weighted by atomic mass is 16.5. The highest BCUT2D eigenvalue weighted by molar-refractivity contribution is 6.05. The van der Waals surface area contributed by atoms with Gasteiger partial charge in [-0.15, -0.1) is 0 Å². The molecule has 0 unspecified atom stereocenters. The number of amides is 1. The van der Waals surface area contributed by atoms with Crippen LogP contribution in [-0.4, -0.2) is 13.0 Å². The zero-order valence-corrected chi connectivity index (χ0v) is 12.5. The average Bonchev–Trinajstić information content (AvgIpc) is 2.47. The number of nitrogens with one attached hydrogen (secondary N) is 1. The molecule has 0 aliphatic carbocycles. The molecule has 0 spiro atoms. The van der Waals surface area contributed by atoms with Crippen LogP contribution >= 0.6 is 0 Å². The average molecular weight is 284 g/mol. The number of ether oxygens (including phenoxy) is 1. The lowest BCUT2D eigenvalue weighted by molar-refractivity contribution is 0.102. The molecule has 1 amide bonds. The quantitative estimate of drug-likeness (QED) is 0.842. The molecule has 4 nitrogen and oxygen atoms in total. The summed E-state index contributed by atoms with van der Waals surface area (Å²) >= 11 is 0. The number of nitrogen functional groups attached to an aromatic ring is 1. The van der Waals surface area contributed by atoms with Crippen LogP contribution in [0, 0.1) is 0 Å². The molecule has 2 rings (SSSR count). The fraction of sp³-hybridized carbons (Fsp3) is 0.235. The lowest BCUT2D eigenvalue weighted by Crippen LogP contribution is -2.13. The van der Waals surface area contributed by atoms with Gasteiger partial charge < -0.3 is 15.8 Å². The molecular weight excluding hydrogens is 264 g/mol. The van der Waals surface area contributed by atoms with Gasteiger partial charge in [0.15, 0.2) is 0 Å². The first kappa shape index (κ1) is 14.9. The summed E-state index contributed by atoms with van der Waals surface area (Å²) in [4.78, 5) is 12.3. The van der Waals surface area contributed by atoms with Gasteiger partial charge in [-0.2, -0.15) is 0 Å². The van der Waals surface area contributed by atoms with E-state index < -0.39 is 0 Å². The predicted molar refractivity (Wildman–Crippen MR) is 85.9 cm³/mol. The van der Waals surface area contributed by atoms with Crippen molar-refractivity contribution in [2.45, 2.75) is 19.8 Å². The van der Waals surface area contributed by atoms with Crippen molar-refractivity contribution in [3.05, 3.63) is 53.6 Å². The summed E-state index contributed by atoms with van der Waals surface area (Å²) in [6, 6.07) is 12.7. The maximum absolute atomic E-state index is 12.3. The predicted octanol–water partition coefficient (Wildman–Crippen LogP) is 3.65. The molecule has 0 atom stereocenters. The van der Waals surface area contributed by atoms with Crippen LogP contribution in [0.1, 0.15) is 35.7 Å². The van der Waals surface area contributed by atoms with E-state index in [1.165, 1.54) is 5.56 Å². The number of nitrogens with two attached hydrogens (primary N) is 1. The summed E-state index contributed by atoms with van der Waals surface area (Å²) in [6.07, 6.45) is 0. The van der Waals surface area contributed by atoms with Crippen LogP contribution in [0.3, 0.4) is 0 Å². The second kappa shape index (κ2) is 6.31. The summed E-state index contributed by atoms with van der Waals surface area (Å²) in [5.74, 6) is 0.835. The Hall–Kier alpha value is -2.49. The van der Waals surface area contributed by atoms with Crippen molar-refractivity contribution < 1.29 is 9.53 Å². The standard InChI is InChI=1S/C17H20N2O2/c1-11(2)12-4-6-13(7-5-12)17(20)19-15-10-14(18)8-9-16(15)21-3/h4-11H,18H2,1-3H3,(H,19,20). The normalized spacial score (nSPS) is 10.5. The molecule has 21 heavy (non-hydrogen) atoms. The van der Waals surface area contributed by atoms with E-state index in [9.17, 15) is 4.79 Å². The van der Waals surface area contributed by atoms with E-state index in [2.05, 4.69) is 19.2 Å². The Morgan fingerprint density at radius 1 is 1.14 bits per heavy atom. The number of hydrogen-bond acceptors (Lipinski definition) is 3. The molecule has 0 bridgehead atoms. The van der Waals surface area contributed by atoms with Gasteiger partial charge in [0.1, 0.15) is 5.75 Å². The highest BCUT2D eigenvalue weighted by Crippen LogP contribution is 2.27. The number of anilines is 2. The Morgan fingerprint density at radius 3 is 2.38 bits per heavy atom. The Balaban J connectivity index is 2.19. The number of benzene rings is 2. The molecule has 4 heteroatoms. The van der Waals surface area contributed by atoms with Crippen molar-refractivity contribution in [3.63, 3.8) is 0 Å². The summed E-state index contributed by atoms with van der Waals surface area (Å²) in [5, 5.41) is 2.82. The zero-order valence-electron chi connectivity index (χ0n) is 12.5. The third kappa shape index (κ3) is 3.54. The van der Waals surface area contributed by atoms with E-state index in [0.29, 0.717) is 28.6 Å². The van der Waals surface area contributed by atoms with Gasteiger partial charge in [-0.05, 0) is 41.8 Å². The number of hydrogen-bond donors (Lipinski definition) is 2. The Kier molecular flexibility index (Phi) is 4.48. The molecule has 2 aromatic carbocycles. The van der Waals surface area contributed by atoms with Gasteiger partial charge in [0.2, 0.25) is 0 Å². The first-order valence-electron chi connectivity index (χ1n) is 6.86. The Morgan fingerprint density at radius 2 is 1.81 bits per heavy atom. The minimum absolute atomic E-state index is 0.186. The van der Waals surface area contributed by atoms with Crippen LogP contribution < -0.4 is 15.8 Å². The van der Waals surface area contributed by atoms with Crippen molar-refractivity contribution in [2.75, 3.05) is 18.2 Å². The van der Waals surface area contributed by atoms with Crippen LogP contribution in [0.2, 0.25) is 0 Å². The van der Waals surface area contributed by atoms with Crippen LogP contribution in [-0.2, 0) is 0 Å². The fourth-order valence-electron chi connectivity index (χ4n) is 2.04. The second-order valence-corrected chi connectivity index (χ2v) is 5.19. The molecule has 2 aromatic rings. The topological polar surface area (TPSA) is 64.3 Å². The van der Waals surface area contributed by atoms with Crippen molar-refractivity contribution >= 4 is 17.3 Å². The third-order valence-corrected chi connectivity index (χ3v) is 3.31. The minimum atomic E-state index is -0.186. The zero-order chi connectivity index (χ0) is 15.4. The Bertz CT molecular complexity index is 634. The largest absolute Gasteiger partial charge is 0.495 e. The van der Waals surface area contributed by atoms with Gasteiger partial charge >= 0.3 is 0 Å². The molecule has 3 N–H and O–H groups in total. The second-order valence-electron chi connectivity index (χ2n) is 5.19. The van der Waals surface area contributed by atoms with E-state index in [-0.39, 0.29) is 5.91 Å². The molecule has 0 aliphatic heterocycles. The maximum Gasteiger partial charge on any atom is 0.255 e.